The summed E-state index contributed by atoms with van der Waals surface area (Å²) in [5, 5.41) is 2.80. The number of carbonyl (C=O) groups excluding carboxylic acids is 2. The molecule has 0 bridgehead atoms. The molecule has 4 nitrogen and oxygen atoms in total. The Morgan fingerprint density at radius 1 is 0.806 bits per heavy atom. The fourth-order valence-electron chi connectivity index (χ4n) is 3.86. The van der Waals surface area contributed by atoms with E-state index in [1.807, 2.05) is 59.5 Å². The van der Waals surface area contributed by atoms with Crippen LogP contribution < -0.4 is 5.32 Å². The number of fused-ring (bicyclic) bond motifs is 2. The Labute approximate surface area is 198 Å². The number of hydrogen-bond acceptors (Lipinski definition) is 2. The van der Waals surface area contributed by atoms with E-state index in [1.165, 1.54) is 5.56 Å². The first-order valence-electron chi connectivity index (χ1n) is 10.2. The van der Waals surface area contributed by atoms with Crippen LogP contribution in [-0.4, -0.2) is 29.8 Å². The normalized spacial score (nSPS) is 14.7. The van der Waals surface area contributed by atoms with Gasteiger partial charge in [0.05, 0.1) is 0 Å². The molecular formula is C25H22Br2N2O2. The molecule has 0 aromatic heterocycles. The van der Waals surface area contributed by atoms with Crippen LogP contribution in [0.1, 0.15) is 37.4 Å². The van der Waals surface area contributed by atoms with Crippen molar-refractivity contribution in [2.45, 2.75) is 19.4 Å². The van der Waals surface area contributed by atoms with Crippen molar-refractivity contribution < 1.29 is 9.59 Å². The Hall–Kier alpha value is -2.44. The zero-order chi connectivity index (χ0) is 21.8. The van der Waals surface area contributed by atoms with E-state index in [9.17, 15) is 9.59 Å². The van der Waals surface area contributed by atoms with Crippen molar-refractivity contribution in [3.63, 3.8) is 0 Å². The molecule has 0 radical (unpaired) electrons. The first-order chi connectivity index (χ1) is 15.0. The Bertz CT molecular complexity index is 1120. The second kappa shape index (κ2) is 9.79. The predicted octanol–water partition coefficient (Wildman–Crippen LogP) is 5.38. The average Bonchev–Trinajstić information content (AvgIpc) is 2.77. The Morgan fingerprint density at radius 3 is 2.16 bits per heavy atom. The molecule has 3 aromatic carbocycles. The van der Waals surface area contributed by atoms with Crippen molar-refractivity contribution in [3.05, 3.63) is 103 Å². The summed E-state index contributed by atoms with van der Waals surface area (Å²) in [6.07, 6.45) is 1.86. The molecule has 31 heavy (non-hydrogen) atoms. The highest BCUT2D eigenvalue weighted by Crippen LogP contribution is 2.24. The van der Waals surface area contributed by atoms with Gasteiger partial charge in [-0.15, -0.1) is 0 Å². The van der Waals surface area contributed by atoms with Gasteiger partial charge in [0.1, 0.15) is 0 Å². The van der Waals surface area contributed by atoms with Gasteiger partial charge in [0.25, 0.3) is 11.8 Å². The van der Waals surface area contributed by atoms with E-state index in [0.717, 1.165) is 57.1 Å². The molecule has 158 valence electrons. The maximum Gasteiger partial charge on any atom is 0.254 e. The van der Waals surface area contributed by atoms with Crippen molar-refractivity contribution in [2.24, 2.45) is 0 Å². The standard InChI is InChI=1S/C16H14BrNO.C9H8BrNO/c17-14-6-7-15-13(10-14)8-9-18(16(15)19)11-12-4-2-1-3-5-12;10-7-1-2-8-6(5-7)3-4-11-9(8)12/h1-7,10H,8-9,11H2;1-2,5H,3-4H2,(H,11,12). The van der Waals surface area contributed by atoms with Crippen LogP contribution in [0.3, 0.4) is 0 Å². The van der Waals surface area contributed by atoms with Crippen molar-refractivity contribution >= 4 is 43.7 Å². The average molecular weight is 542 g/mol. The first-order valence-corrected chi connectivity index (χ1v) is 11.8. The van der Waals surface area contributed by atoms with Gasteiger partial charge in [0.15, 0.2) is 0 Å². The Morgan fingerprint density at radius 2 is 1.45 bits per heavy atom. The van der Waals surface area contributed by atoms with Gasteiger partial charge in [0, 0.05) is 39.7 Å². The second-order valence-electron chi connectivity index (χ2n) is 7.57. The highest BCUT2D eigenvalue weighted by Gasteiger charge is 2.24. The van der Waals surface area contributed by atoms with Gasteiger partial charge in [-0.05, 0) is 65.9 Å². The van der Waals surface area contributed by atoms with Gasteiger partial charge in [-0.1, -0.05) is 62.2 Å². The number of halogens is 2. The molecule has 2 aliphatic rings. The number of amides is 2. The SMILES string of the molecule is O=C1NCCc2cc(Br)ccc21.O=C1c2ccc(Br)cc2CCN1Cc1ccccc1. The van der Waals surface area contributed by atoms with E-state index in [-0.39, 0.29) is 11.8 Å². The van der Waals surface area contributed by atoms with Gasteiger partial charge in [-0.3, -0.25) is 9.59 Å². The molecule has 0 atom stereocenters. The molecule has 0 unspecified atom stereocenters. The molecule has 0 spiro atoms. The third-order valence-electron chi connectivity index (χ3n) is 5.44. The van der Waals surface area contributed by atoms with Gasteiger partial charge in [-0.25, -0.2) is 0 Å². The molecule has 0 saturated heterocycles. The lowest BCUT2D eigenvalue weighted by Gasteiger charge is -2.28. The van der Waals surface area contributed by atoms with Crippen LogP contribution in [-0.2, 0) is 19.4 Å². The molecule has 2 amide bonds. The van der Waals surface area contributed by atoms with Crippen LogP contribution in [0.2, 0.25) is 0 Å². The molecule has 5 rings (SSSR count). The first kappa shape index (κ1) is 21.8. The molecule has 0 aliphatic carbocycles. The quantitative estimate of drug-likeness (QED) is 0.473. The molecule has 1 N–H and O–H groups in total. The summed E-state index contributed by atoms with van der Waals surface area (Å²) in [6.45, 7) is 2.23. The number of benzene rings is 3. The number of hydrogen-bond donors (Lipinski definition) is 1. The highest BCUT2D eigenvalue weighted by molar-refractivity contribution is 9.10. The van der Waals surface area contributed by atoms with E-state index >= 15 is 0 Å². The fourth-order valence-corrected chi connectivity index (χ4v) is 4.67. The molecule has 0 fully saturated rings. The fraction of sp³-hybridized carbons (Fsp3) is 0.200. The smallest absolute Gasteiger partial charge is 0.254 e. The minimum absolute atomic E-state index is 0.0451. The number of nitrogens with one attached hydrogen (secondary N) is 1. The predicted molar refractivity (Wildman–Crippen MR) is 129 cm³/mol. The topological polar surface area (TPSA) is 49.4 Å². The van der Waals surface area contributed by atoms with E-state index in [4.69, 9.17) is 0 Å². The van der Waals surface area contributed by atoms with Crippen LogP contribution in [0, 0.1) is 0 Å². The Kier molecular flexibility index (Phi) is 6.88. The largest absolute Gasteiger partial charge is 0.352 e. The lowest BCUT2D eigenvalue weighted by Crippen LogP contribution is -2.36. The number of rotatable bonds is 2. The second-order valence-corrected chi connectivity index (χ2v) is 9.40. The lowest BCUT2D eigenvalue weighted by molar-refractivity contribution is 0.0726. The number of carbonyl (C=O) groups is 2. The monoisotopic (exact) mass is 540 g/mol. The Balaban J connectivity index is 0.000000166. The summed E-state index contributed by atoms with van der Waals surface area (Å²) in [5.41, 5.74) is 5.10. The molecule has 2 aliphatic heterocycles. The maximum atomic E-state index is 12.4. The summed E-state index contributed by atoms with van der Waals surface area (Å²) in [5.74, 6) is 0.182. The minimum atomic E-state index is 0.0451. The van der Waals surface area contributed by atoms with Gasteiger partial charge in [-0.2, -0.15) is 0 Å². The molecule has 3 aromatic rings. The van der Waals surface area contributed by atoms with Crippen LogP contribution >= 0.6 is 31.9 Å². The van der Waals surface area contributed by atoms with E-state index in [0.29, 0.717) is 6.54 Å². The van der Waals surface area contributed by atoms with Gasteiger partial charge in [0.2, 0.25) is 0 Å². The highest BCUT2D eigenvalue weighted by atomic mass is 79.9. The minimum Gasteiger partial charge on any atom is -0.352 e. The van der Waals surface area contributed by atoms with Crippen molar-refractivity contribution in [2.75, 3.05) is 13.1 Å². The van der Waals surface area contributed by atoms with Crippen LogP contribution in [0.4, 0.5) is 0 Å². The molecule has 0 saturated carbocycles. The lowest BCUT2D eigenvalue weighted by atomic mass is 9.99. The summed E-state index contributed by atoms with van der Waals surface area (Å²) in [6, 6.07) is 21.8. The summed E-state index contributed by atoms with van der Waals surface area (Å²) in [7, 11) is 0. The van der Waals surface area contributed by atoms with Crippen LogP contribution in [0.25, 0.3) is 0 Å². The van der Waals surface area contributed by atoms with Crippen molar-refractivity contribution in [3.8, 4) is 0 Å². The van der Waals surface area contributed by atoms with Crippen LogP contribution in [0.15, 0.2) is 75.7 Å². The van der Waals surface area contributed by atoms with Crippen molar-refractivity contribution in [1.82, 2.24) is 10.2 Å². The molecule has 6 heteroatoms. The molecule has 2 heterocycles. The third-order valence-corrected chi connectivity index (χ3v) is 6.43. The summed E-state index contributed by atoms with van der Waals surface area (Å²) in [4.78, 5) is 25.6. The van der Waals surface area contributed by atoms with E-state index in [1.54, 1.807) is 0 Å². The number of nitrogens with zero attached hydrogens (tertiary/aromatic N) is 1. The maximum absolute atomic E-state index is 12.4. The third kappa shape index (κ3) is 5.25. The summed E-state index contributed by atoms with van der Waals surface area (Å²) < 4.78 is 2.08. The zero-order valence-electron chi connectivity index (χ0n) is 16.9. The molecular weight excluding hydrogens is 520 g/mol. The van der Waals surface area contributed by atoms with E-state index in [2.05, 4.69) is 49.3 Å². The van der Waals surface area contributed by atoms with Gasteiger partial charge < -0.3 is 10.2 Å². The zero-order valence-corrected chi connectivity index (χ0v) is 20.1. The van der Waals surface area contributed by atoms with E-state index < -0.39 is 0 Å². The summed E-state index contributed by atoms with van der Waals surface area (Å²) >= 11 is 6.83. The van der Waals surface area contributed by atoms with Gasteiger partial charge >= 0.3 is 0 Å². The van der Waals surface area contributed by atoms with Crippen LogP contribution in [0.5, 0.6) is 0 Å². The van der Waals surface area contributed by atoms with Crippen molar-refractivity contribution in [1.29, 1.82) is 0 Å².